The Labute approximate surface area is 92.9 Å². The first-order chi connectivity index (χ1) is 7.09. The molecule has 0 aromatic heterocycles. The van der Waals surface area contributed by atoms with Gasteiger partial charge in [0.05, 0.1) is 0 Å². The number of hydrogen-bond donors (Lipinski definition) is 2. The highest BCUT2D eigenvalue weighted by atomic mass is 14.9. The van der Waals surface area contributed by atoms with Crippen molar-refractivity contribution in [1.29, 1.82) is 0 Å². The van der Waals surface area contributed by atoms with Gasteiger partial charge in [-0.05, 0) is 24.0 Å². The zero-order valence-corrected chi connectivity index (χ0v) is 9.96. The molecule has 15 heavy (non-hydrogen) atoms. The Morgan fingerprint density at radius 2 is 1.73 bits per heavy atom. The van der Waals surface area contributed by atoms with Crippen LogP contribution in [0.4, 0.5) is 0 Å². The lowest BCUT2D eigenvalue weighted by Gasteiger charge is -2.09. The van der Waals surface area contributed by atoms with Gasteiger partial charge in [0.25, 0.3) is 0 Å². The molecule has 1 aromatic rings. The first kappa shape index (κ1) is 12.2. The van der Waals surface area contributed by atoms with Gasteiger partial charge in [-0.1, -0.05) is 38.1 Å². The molecule has 0 spiro atoms. The van der Waals surface area contributed by atoms with Gasteiger partial charge in [0.1, 0.15) is 0 Å². The number of nitrogens with two attached hydrogens (primary N) is 1. The number of benzene rings is 1. The van der Waals surface area contributed by atoms with Crippen LogP contribution in [-0.2, 0) is 6.54 Å². The van der Waals surface area contributed by atoms with Crippen molar-refractivity contribution in [2.24, 2.45) is 5.73 Å². The molecule has 1 aromatic carbocycles. The fourth-order valence-electron chi connectivity index (χ4n) is 1.46. The van der Waals surface area contributed by atoms with E-state index in [4.69, 9.17) is 5.73 Å². The van der Waals surface area contributed by atoms with E-state index in [9.17, 15) is 0 Å². The maximum Gasteiger partial charge on any atom is 0.0206 e. The second-order valence-corrected chi connectivity index (χ2v) is 4.50. The minimum Gasteiger partial charge on any atom is -0.327 e. The third-order valence-electron chi connectivity index (χ3n) is 2.44. The van der Waals surface area contributed by atoms with Gasteiger partial charge < -0.3 is 11.1 Å². The standard InChI is InChI=1S/C13H22N2/c1-10(2)13-6-4-12(5-7-13)9-15-8-11(3)14/h4-7,10-11,15H,8-9,14H2,1-3H3. The van der Waals surface area contributed by atoms with Gasteiger partial charge in [0.15, 0.2) is 0 Å². The molecule has 0 aliphatic heterocycles. The lowest BCUT2D eigenvalue weighted by Crippen LogP contribution is -2.30. The molecular formula is C13H22N2. The lowest BCUT2D eigenvalue weighted by molar-refractivity contribution is 0.608. The number of hydrogen-bond acceptors (Lipinski definition) is 2. The minimum absolute atomic E-state index is 0.222. The van der Waals surface area contributed by atoms with Crippen LogP contribution < -0.4 is 11.1 Å². The Bertz CT molecular complexity index is 275. The van der Waals surface area contributed by atoms with Crippen molar-refractivity contribution in [2.75, 3.05) is 6.54 Å². The van der Waals surface area contributed by atoms with Crippen LogP contribution in [0.5, 0.6) is 0 Å². The van der Waals surface area contributed by atoms with Gasteiger partial charge in [-0.25, -0.2) is 0 Å². The van der Waals surface area contributed by atoms with E-state index >= 15 is 0 Å². The summed E-state index contributed by atoms with van der Waals surface area (Å²) in [6, 6.07) is 8.99. The summed E-state index contributed by atoms with van der Waals surface area (Å²) in [5, 5.41) is 3.32. The van der Waals surface area contributed by atoms with E-state index in [0.717, 1.165) is 13.1 Å². The van der Waals surface area contributed by atoms with E-state index in [-0.39, 0.29) is 6.04 Å². The highest BCUT2D eigenvalue weighted by molar-refractivity contribution is 5.24. The summed E-state index contributed by atoms with van der Waals surface area (Å²) in [7, 11) is 0. The molecule has 0 bridgehead atoms. The third-order valence-corrected chi connectivity index (χ3v) is 2.44. The van der Waals surface area contributed by atoms with Crippen LogP contribution >= 0.6 is 0 Å². The third kappa shape index (κ3) is 4.45. The molecule has 0 saturated heterocycles. The average Bonchev–Trinajstić information content (AvgIpc) is 2.18. The molecule has 0 heterocycles. The zero-order valence-electron chi connectivity index (χ0n) is 9.96. The van der Waals surface area contributed by atoms with E-state index in [0.29, 0.717) is 5.92 Å². The van der Waals surface area contributed by atoms with Crippen LogP contribution in [0.2, 0.25) is 0 Å². The quantitative estimate of drug-likeness (QED) is 0.775. The Kier molecular flexibility index (Phi) is 4.79. The van der Waals surface area contributed by atoms with Crippen molar-refractivity contribution >= 4 is 0 Å². The van der Waals surface area contributed by atoms with Crippen molar-refractivity contribution in [3.05, 3.63) is 35.4 Å². The van der Waals surface area contributed by atoms with E-state index in [2.05, 4.69) is 43.4 Å². The van der Waals surface area contributed by atoms with Crippen molar-refractivity contribution in [1.82, 2.24) is 5.32 Å². The second kappa shape index (κ2) is 5.89. The molecule has 1 atom stereocenters. The fourth-order valence-corrected chi connectivity index (χ4v) is 1.46. The molecule has 0 amide bonds. The SMILES string of the molecule is CC(N)CNCc1ccc(C(C)C)cc1. The summed E-state index contributed by atoms with van der Waals surface area (Å²) in [6.07, 6.45) is 0. The van der Waals surface area contributed by atoms with Gasteiger partial charge in [0.2, 0.25) is 0 Å². The predicted octanol–water partition coefficient (Wildman–Crippen LogP) is 2.25. The van der Waals surface area contributed by atoms with Crippen LogP contribution in [0.1, 0.15) is 37.8 Å². The maximum absolute atomic E-state index is 5.66. The Balaban J connectivity index is 2.43. The van der Waals surface area contributed by atoms with Gasteiger partial charge in [-0.15, -0.1) is 0 Å². The fraction of sp³-hybridized carbons (Fsp3) is 0.538. The lowest BCUT2D eigenvalue weighted by atomic mass is 10.0. The molecule has 0 aliphatic carbocycles. The highest BCUT2D eigenvalue weighted by Crippen LogP contribution is 2.14. The van der Waals surface area contributed by atoms with Crippen LogP contribution in [0.25, 0.3) is 0 Å². The molecule has 2 heteroatoms. The summed E-state index contributed by atoms with van der Waals surface area (Å²) in [6.45, 7) is 8.20. The topological polar surface area (TPSA) is 38.0 Å². The second-order valence-electron chi connectivity index (χ2n) is 4.50. The predicted molar refractivity (Wildman–Crippen MR) is 65.9 cm³/mol. The van der Waals surface area contributed by atoms with E-state index in [1.54, 1.807) is 0 Å². The average molecular weight is 206 g/mol. The highest BCUT2D eigenvalue weighted by Gasteiger charge is 1.99. The number of nitrogens with one attached hydrogen (secondary N) is 1. The Morgan fingerprint density at radius 3 is 2.20 bits per heavy atom. The molecule has 0 radical (unpaired) electrons. The van der Waals surface area contributed by atoms with Crippen molar-refractivity contribution in [3.8, 4) is 0 Å². The Hall–Kier alpha value is -0.860. The molecule has 2 nitrogen and oxygen atoms in total. The zero-order chi connectivity index (χ0) is 11.3. The van der Waals surface area contributed by atoms with Gasteiger partial charge >= 0.3 is 0 Å². The molecule has 84 valence electrons. The van der Waals surface area contributed by atoms with Crippen LogP contribution in [-0.4, -0.2) is 12.6 Å². The summed E-state index contributed by atoms with van der Waals surface area (Å²) < 4.78 is 0. The van der Waals surface area contributed by atoms with Crippen LogP contribution in [0.3, 0.4) is 0 Å². The Morgan fingerprint density at radius 1 is 1.13 bits per heavy atom. The van der Waals surface area contributed by atoms with Crippen molar-refractivity contribution < 1.29 is 0 Å². The maximum atomic E-state index is 5.66. The first-order valence-electron chi connectivity index (χ1n) is 5.64. The molecule has 1 unspecified atom stereocenters. The minimum atomic E-state index is 0.222. The van der Waals surface area contributed by atoms with E-state index in [1.807, 2.05) is 6.92 Å². The monoisotopic (exact) mass is 206 g/mol. The van der Waals surface area contributed by atoms with Crippen molar-refractivity contribution in [2.45, 2.75) is 39.3 Å². The number of rotatable bonds is 5. The van der Waals surface area contributed by atoms with Crippen LogP contribution in [0, 0.1) is 0 Å². The summed E-state index contributed by atoms with van der Waals surface area (Å²) >= 11 is 0. The normalized spacial score (nSPS) is 13.1. The first-order valence-corrected chi connectivity index (χ1v) is 5.64. The molecule has 3 N–H and O–H groups in total. The van der Waals surface area contributed by atoms with Crippen LogP contribution in [0.15, 0.2) is 24.3 Å². The summed E-state index contributed by atoms with van der Waals surface area (Å²) in [5.41, 5.74) is 8.37. The van der Waals surface area contributed by atoms with E-state index < -0.39 is 0 Å². The molecule has 1 rings (SSSR count). The molecule has 0 saturated carbocycles. The summed E-state index contributed by atoms with van der Waals surface area (Å²) in [5.74, 6) is 0.607. The van der Waals surface area contributed by atoms with Gasteiger partial charge in [-0.3, -0.25) is 0 Å². The molecule has 0 aliphatic rings. The smallest absolute Gasteiger partial charge is 0.0206 e. The van der Waals surface area contributed by atoms with E-state index in [1.165, 1.54) is 11.1 Å². The largest absolute Gasteiger partial charge is 0.327 e. The molecular weight excluding hydrogens is 184 g/mol. The van der Waals surface area contributed by atoms with Gasteiger partial charge in [0, 0.05) is 19.1 Å². The summed E-state index contributed by atoms with van der Waals surface area (Å²) in [4.78, 5) is 0. The van der Waals surface area contributed by atoms with Crippen molar-refractivity contribution in [3.63, 3.8) is 0 Å². The molecule has 0 fully saturated rings. The van der Waals surface area contributed by atoms with Gasteiger partial charge in [-0.2, -0.15) is 0 Å².